The summed E-state index contributed by atoms with van der Waals surface area (Å²) in [7, 11) is 0. The molecule has 0 bridgehead atoms. The number of hydrogen-bond acceptors (Lipinski definition) is 7. The molecule has 0 saturated heterocycles. The number of aryl methyl sites for hydroxylation is 2. The minimum atomic E-state index is -0.152. The maximum absolute atomic E-state index is 12.5. The van der Waals surface area contributed by atoms with Crippen molar-refractivity contribution in [3.05, 3.63) is 83.5 Å². The third-order valence-corrected chi connectivity index (χ3v) is 6.62. The number of anilines is 1. The van der Waals surface area contributed by atoms with Crippen molar-refractivity contribution in [2.45, 2.75) is 32.2 Å². The second-order valence-electron chi connectivity index (χ2n) is 7.64. The maximum Gasteiger partial charge on any atom is 0.236 e. The minimum absolute atomic E-state index is 0.152. The average molecular weight is 492 g/mol. The van der Waals surface area contributed by atoms with Gasteiger partial charge in [-0.3, -0.25) is 9.36 Å². The molecule has 1 N–H and O–H groups in total. The van der Waals surface area contributed by atoms with Gasteiger partial charge in [0.25, 0.3) is 0 Å². The molecule has 4 aromatic rings. The first-order chi connectivity index (χ1) is 16.5. The summed E-state index contributed by atoms with van der Waals surface area (Å²) >= 11 is 2.72. The monoisotopic (exact) mass is 491 g/mol. The molecule has 0 atom stereocenters. The van der Waals surface area contributed by atoms with Gasteiger partial charge in [-0.1, -0.05) is 59.8 Å². The fraction of sp³-hybridized carbons (Fsp3) is 0.200. The number of amides is 1. The minimum Gasteiger partial charge on any atom is -0.486 e. The van der Waals surface area contributed by atoms with Crippen LogP contribution < -0.4 is 10.1 Å². The molecule has 174 valence electrons. The Kier molecular flexibility index (Phi) is 7.76. The molecule has 4 rings (SSSR count). The van der Waals surface area contributed by atoms with Gasteiger partial charge in [0.2, 0.25) is 5.91 Å². The summed E-state index contributed by atoms with van der Waals surface area (Å²) < 4.78 is 7.77. The lowest BCUT2D eigenvalue weighted by Crippen LogP contribution is -2.15. The van der Waals surface area contributed by atoms with Gasteiger partial charge in [-0.2, -0.15) is 0 Å². The fourth-order valence-corrected chi connectivity index (χ4v) is 4.67. The first-order valence-corrected chi connectivity index (χ1v) is 12.6. The predicted molar refractivity (Wildman–Crippen MR) is 137 cm³/mol. The van der Waals surface area contributed by atoms with Crippen molar-refractivity contribution in [1.29, 1.82) is 0 Å². The van der Waals surface area contributed by atoms with Gasteiger partial charge in [0.05, 0.1) is 11.4 Å². The zero-order chi connectivity index (χ0) is 23.9. The summed E-state index contributed by atoms with van der Waals surface area (Å²) in [4.78, 5) is 17.1. The summed E-state index contributed by atoms with van der Waals surface area (Å²) in [6, 6.07) is 16.0. The molecule has 0 radical (unpaired) electrons. The van der Waals surface area contributed by atoms with E-state index in [4.69, 9.17) is 4.74 Å². The van der Waals surface area contributed by atoms with E-state index in [9.17, 15) is 4.79 Å². The summed E-state index contributed by atoms with van der Waals surface area (Å²) in [6.07, 6.45) is 1.77. The van der Waals surface area contributed by atoms with Gasteiger partial charge in [-0.05, 0) is 31.5 Å². The summed E-state index contributed by atoms with van der Waals surface area (Å²) in [5.74, 6) is 1.48. The Hall–Kier alpha value is -3.43. The van der Waals surface area contributed by atoms with E-state index in [0.717, 1.165) is 22.6 Å². The first kappa shape index (κ1) is 23.7. The molecule has 9 heteroatoms. The Morgan fingerprint density at radius 1 is 1.18 bits per heavy atom. The average Bonchev–Trinajstić information content (AvgIpc) is 3.44. The number of benzene rings is 2. The van der Waals surface area contributed by atoms with Gasteiger partial charge in [0.1, 0.15) is 12.4 Å². The van der Waals surface area contributed by atoms with Gasteiger partial charge < -0.3 is 10.1 Å². The van der Waals surface area contributed by atoms with Gasteiger partial charge in [0.15, 0.2) is 16.1 Å². The molecule has 0 unspecified atom stereocenters. The number of rotatable bonds is 10. The first-order valence-electron chi connectivity index (χ1n) is 10.7. The van der Waals surface area contributed by atoms with Crippen molar-refractivity contribution in [2.24, 2.45) is 0 Å². The molecule has 34 heavy (non-hydrogen) atoms. The molecule has 0 saturated carbocycles. The van der Waals surface area contributed by atoms with Crippen LogP contribution in [0.3, 0.4) is 0 Å². The second kappa shape index (κ2) is 11.1. The zero-order valence-electron chi connectivity index (χ0n) is 19.0. The van der Waals surface area contributed by atoms with E-state index in [0.29, 0.717) is 22.7 Å². The largest absolute Gasteiger partial charge is 0.486 e. The van der Waals surface area contributed by atoms with Crippen molar-refractivity contribution >= 4 is 34.1 Å². The fourth-order valence-electron chi connectivity index (χ4n) is 3.17. The predicted octanol–water partition coefficient (Wildman–Crippen LogP) is 5.51. The third-order valence-electron chi connectivity index (χ3n) is 4.89. The molecule has 1 amide bonds. The van der Waals surface area contributed by atoms with Crippen LogP contribution in [0.15, 0.2) is 71.7 Å². The van der Waals surface area contributed by atoms with E-state index < -0.39 is 0 Å². The Bertz CT molecular complexity index is 1280. The lowest BCUT2D eigenvalue weighted by atomic mass is 10.1. The Balaban J connectivity index is 1.35. The molecule has 0 aliphatic rings. The number of hydrogen-bond donors (Lipinski definition) is 1. The van der Waals surface area contributed by atoms with Crippen LogP contribution >= 0.6 is 23.1 Å². The van der Waals surface area contributed by atoms with E-state index in [1.54, 1.807) is 6.08 Å². The lowest BCUT2D eigenvalue weighted by Gasteiger charge is -2.09. The highest BCUT2D eigenvalue weighted by Crippen LogP contribution is 2.26. The van der Waals surface area contributed by atoms with Crippen LogP contribution in [0.2, 0.25) is 0 Å². The number of ether oxygens (including phenoxy) is 1. The van der Waals surface area contributed by atoms with Crippen LogP contribution in [0.5, 0.6) is 5.75 Å². The van der Waals surface area contributed by atoms with E-state index >= 15 is 0 Å². The number of carbonyl (C=O) groups excluding carboxylic acids is 1. The number of allylic oxidation sites excluding steroid dienone is 1. The Labute approximate surface area is 206 Å². The second-order valence-corrected chi connectivity index (χ2v) is 9.44. The quantitative estimate of drug-likeness (QED) is 0.233. The Morgan fingerprint density at radius 2 is 2.00 bits per heavy atom. The van der Waals surface area contributed by atoms with Gasteiger partial charge in [0, 0.05) is 17.5 Å². The lowest BCUT2D eigenvalue weighted by molar-refractivity contribution is -0.113. The van der Waals surface area contributed by atoms with Crippen LogP contribution in [-0.4, -0.2) is 31.4 Å². The molecule has 0 fully saturated rings. The topological polar surface area (TPSA) is 81.9 Å². The summed E-state index contributed by atoms with van der Waals surface area (Å²) in [5.41, 5.74) is 4.18. The van der Waals surface area contributed by atoms with Crippen molar-refractivity contribution in [3.63, 3.8) is 0 Å². The normalized spacial score (nSPS) is 10.8. The molecular weight excluding hydrogens is 466 g/mol. The van der Waals surface area contributed by atoms with E-state index in [2.05, 4.69) is 27.1 Å². The molecule has 0 aliphatic carbocycles. The third kappa shape index (κ3) is 6.12. The highest BCUT2D eigenvalue weighted by atomic mass is 32.2. The van der Waals surface area contributed by atoms with Gasteiger partial charge in [-0.15, -0.1) is 28.1 Å². The van der Waals surface area contributed by atoms with Gasteiger partial charge in [-0.25, -0.2) is 4.98 Å². The van der Waals surface area contributed by atoms with Crippen LogP contribution in [0.1, 0.15) is 17.0 Å². The SMILES string of the molecule is C=CCn1c(COc2cccc(C)c2)nnc1SCC(=O)Nc1nc(-c2ccc(C)cc2)cs1. The molecule has 2 aromatic carbocycles. The molecule has 0 aliphatic heterocycles. The number of thiazole rings is 1. The maximum atomic E-state index is 12.5. The van der Waals surface area contributed by atoms with Crippen LogP contribution in [0, 0.1) is 13.8 Å². The standard InChI is InChI=1S/C25H25N5O2S2/c1-4-12-30-22(14-32-20-7-5-6-18(3)13-20)28-29-25(30)34-16-23(31)27-24-26-21(15-33-24)19-10-8-17(2)9-11-19/h4-11,13,15H,1,12,14,16H2,2-3H3,(H,26,27,31). The number of aromatic nitrogens is 4. The smallest absolute Gasteiger partial charge is 0.236 e. The summed E-state index contributed by atoms with van der Waals surface area (Å²) in [5, 5.41) is 14.5. The van der Waals surface area contributed by atoms with Crippen LogP contribution in [0.25, 0.3) is 11.3 Å². The number of thioether (sulfide) groups is 1. The Morgan fingerprint density at radius 3 is 2.76 bits per heavy atom. The van der Waals surface area contributed by atoms with Gasteiger partial charge >= 0.3 is 0 Å². The van der Waals surface area contributed by atoms with Crippen molar-refractivity contribution in [1.82, 2.24) is 19.7 Å². The number of nitrogens with zero attached hydrogens (tertiary/aromatic N) is 4. The highest BCUT2D eigenvalue weighted by molar-refractivity contribution is 7.99. The highest BCUT2D eigenvalue weighted by Gasteiger charge is 2.15. The molecule has 2 aromatic heterocycles. The number of nitrogens with one attached hydrogen (secondary N) is 1. The van der Waals surface area contributed by atoms with Crippen molar-refractivity contribution < 1.29 is 9.53 Å². The van der Waals surface area contributed by atoms with Crippen LogP contribution in [0.4, 0.5) is 5.13 Å². The zero-order valence-corrected chi connectivity index (χ0v) is 20.7. The number of carbonyl (C=O) groups is 1. The van der Waals surface area contributed by atoms with Crippen molar-refractivity contribution in [2.75, 3.05) is 11.1 Å². The molecule has 7 nitrogen and oxygen atoms in total. The molecule has 2 heterocycles. The summed E-state index contributed by atoms with van der Waals surface area (Å²) in [6.45, 7) is 8.68. The van der Waals surface area contributed by atoms with E-state index in [1.165, 1.54) is 28.7 Å². The van der Waals surface area contributed by atoms with E-state index in [-0.39, 0.29) is 18.3 Å². The van der Waals surface area contributed by atoms with Crippen molar-refractivity contribution in [3.8, 4) is 17.0 Å². The molecule has 0 spiro atoms. The molecular formula is C25H25N5O2S2. The van der Waals surface area contributed by atoms with E-state index in [1.807, 2.05) is 72.3 Å². The van der Waals surface area contributed by atoms with Crippen LogP contribution in [-0.2, 0) is 17.9 Å².